The molecule has 0 aliphatic carbocycles. The topological polar surface area (TPSA) is 110 Å². The molecular weight excluding hydrogens is 286 g/mol. The lowest BCUT2D eigenvalue weighted by atomic mass is 10.0. The number of methoxy groups -OCH3 is 1. The maximum absolute atomic E-state index is 10.8. The molecule has 2 atom stereocenters. The van der Waals surface area contributed by atoms with E-state index < -0.39 is 17.1 Å². The van der Waals surface area contributed by atoms with Crippen molar-refractivity contribution < 1.29 is 24.7 Å². The minimum Gasteiger partial charge on any atom is -0.496 e. The molecule has 0 bridgehead atoms. The zero-order valence-corrected chi connectivity index (χ0v) is 11.8. The average molecular weight is 301 g/mol. The van der Waals surface area contributed by atoms with E-state index in [0.717, 1.165) is 17.8 Å². The number of rotatable bonds is 6. The molecule has 0 amide bonds. The standard InChI is InChI=1S/C12H15NO6S/c1-7(14)20-6-11(15)12(16)8-3-9(13(17)18)5-10(4-8)19-2/h3-5,11-12,15-16H,6H2,1-2H3. The number of ether oxygens (including phenoxy) is 1. The van der Waals surface area contributed by atoms with Crippen LogP contribution >= 0.6 is 11.8 Å². The molecule has 110 valence electrons. The van der Waals surface area contributed by atoms with Gasteiger partial charge in [0.1, 0.15) is 11.9 Å². The lowest BCUT2D eigenvalue weighted by Gasteiger charge is -2.17. The molecule has 2 N–H and O–H groups in total. The average Bonchev–Trinajstić information content (AvgIpc) is 2.43. The molecule has 2 unspecified atom stereocenters. The van der Waals surface area contributed by atoms with Crippen molar-refractivity contribution in [3.63, 3.8) is 0 Å². The lowest BCUT2D eigenvalue weighted by Crippen LogP contribution is -2.21. The van der Waals surface area contributed by atoms with Crippen molar-refractivity contribution in [3.8, 4) is 5.75 Å². The fourth-order valence-electron chi connectivity index (χ4n) is 1.52. The summed E-state index contributed by atoms with van der Waals surface area (Å²) in [6, 6.07) is 3.78. The van der Waals surface area contributed by atoms with Crippen molar-refractivity contribution >= 4 is 22.6 Å². The second kappa shape index (κ2) is 7.22. The summed E-state index contributed by atoms with van der Waals surface area (Å²) in [5, 5.41) is 30.4. The number of aliphatic hydroxyl groups is 2. The SMILES string of the molecule is COc1cc(C(O)C(O)CSC(C)=O)cc([N+](=O)[O-])c1. The van der Waals surface area contributed by atoms with E-state index in [2.05, 4.69) is 0 Å². The van der Waals surface area contributed by atoms with Gasteiger partial charge in [-0.3, -0.25) is 14.9 Å². The summed E-state index contributed by atoms with van der Waals surface area (Å²) >= 11 is 0.869. The van der Waals surface area contributed by atoms with Crippen LogP contribution in [0.15, 0.2) is 18.2 Å². The first-order valence-corrected chi connectivity index (χ1v) is 6.66. The number of carbonyl (C=O) groups is 1. The number of aliphatic hydroxyl groups excluding tert-OH is 2. The number of benzene rings is 1. The highest BCUT2D eigenvalue weighted by molar-refractivity contribution is 8.13. The Morgan fingerprint density at radius 2 is 2.10 bits per heavy atom. The van der Waals surface area contributed by atoms with Crippen LogP contribution in [0.4, 0.5) is 5.69 Å². The molecule has 0 aliphatic heterocycles. The number of thioether (sulfide) groups is 1. The van der Waals surface area contributed by atoms with Gasteiger partial charge in [0.05, 0.1) is 24.2 Å². The van der Waals surface area contributed by atoms with E-state index in [1.54, 1.807) is 0 Å². The number of carbonyl (C=O) groups excluding carboxylic acids is 1. The summed E-state index contributed by atoms with van der Waals surface area (Å²) in [5.74, 6) is 0.210. The Balaban J connectivity index is 2.96. The van der Waals surface area contributed by atoms with Gasteiger partial charge in [0, 0.05) is 18.7 Å². The molecule has 0 spiro atoms. The van der Waals surface area contributed by atoms with Crippen LogP contribution in [-0.2, 0) is 4.79 Å². The Hall–Kier alpha value is -1.64. The van der Waals surface area contributed by atoms with Crippen LogP contribution in [0.5, 0.6) is 5.75 Å². The highest BCUT2D eigenvalue weighted by atomic mass is 32.2. The van der Waals surface area contributed by atoms with Crippen molar-refractivity contribution in [2.75, 3.05) is 12.9 Å². The largest absolute Gasteiger partial charge is 0.496 e. The monoisotopic (exact) mass is 301 g/mol. The number of hydrogen-bond acceptors (Lipinski definition) is 7. The summed E-state index contributed by atoms with van der Waals surface area (Å²) in [4.78, 5) is 21.0. The maximum atomic E-state index is 10.8. The molecule has 0 saturated heterocycles. The fourth-order valence-corrected chi connectivity index (χ4v) is 2.10. The summed E-state index contributed by atoms with van der Waals surface area (Å²) < 4.78 is 4.92. The summed E-state index contributed by atoms with van der Waals surface area (Å²) in [5.41, 5.74) is -0.0856. The van der Waals surface area contributed by atoms with Gasteiger partial charge in [0.25, 0.3) is 5.69 Å². The first-order valence-electron chi connectivity index (χ1n) is 5.68. The van der Waals surface area contributed by atoms with Crippen molar-refractivity contribution in [1.29, 1.82) is 0 Å². The van der Waals surface area contributed by atoms with Crippen molar-refractivity contribution in [2.24, 2.45) is 0 Å². The van der Waals surface area contributed by atoms with Crippen LogP contribution in [-0.4, -0.2) is 39.2 Å². The molecule has 8 heteroatoms. The smallest absolute Gasteiger partial charge is 0.273 e. The fraction of sp³-hybridized carbons (Fsp3) is 0.417. The predicted molar refractivity (Wildman–Crippen MR) is 73.8 cm³/mol. The van der Waals surface area contributed by atoms with Crippen LogP contribution in [0.3, 0.4) is 0 Å². The van der Waals surface area contributed by atoms with E-state index in [1.807, 2.05) is 0 Å². The molecule has 20 heavy (non-hydrogen) atoms. The number of nitrogens with zero attached hydrogens (tertiary/aromatic N) is 1. The van der Waals surface area contributed by atoms with Crippen molar-refractivity contribution in [2.45, 2.75) is 19.1 Å². The van der Waals surface area contributed by atoms with E-state index in [0.29, 0.717) is 0 Å². The molecule has 0 heterocycles. The van der Waals surface area contributed by atoms with Crippen molar-refractivity contribution in [3.05, 3.63) is 33.9 Å². The van der Waals surface area contributed by atoms with Gasteiger partial charge in [-0.1, -0.05) is 11.8 Å². The van der Waals surface area contributed by atoms with E-state index in [-0.39, 0.29) is 27.9 Å². The Morgan fingerprint density at radius 1 is 1.45 bits per heavy atom. The predicted octanol–water partition coefficient (Wildman–Crippen LogP) is 1.28. The molecular formula is C12H15NO6S. The quantitative estimate of drug-likeness (QED) is 0.601. The van der Waals surface area contributed by atoms with Gasteiger partial charge in [-0.15, -0.1) is 0 Å². The summed E-state index contributed by atoms with van der Waals surface area (Å²) in [6.07, 6.45) is -2.55. The Morgan fingerprint density at radius 3 is 2.60 bits per heavy atom. The third-order valence-corrected chi connectivity index (χ3v) is 3.44. The highest BCUT2D eigenvalue weighted by Gasteiger charge is 2.22. The molecule has 0 aromatic heterocycles. The second-order valence-electron chi connectivity index (χ2n) is 4.04. The van der Waals surface area contributed by atoms with Crippen LogP contribution < -0.4 is 4.74 Å². The third-order valence-electron chi connectivity index (χ3n) is 2.52. The number of nitro groups is 1. The van der Waals surface area contributed by atoms with E-state index >= 15 is 0 Å². The van der Waals surface area contributed by atoms with Crippen LogP contribution in [0.25, 0.3) is 0 Å². The zero-order valence-electron chi connectivity index (χ0n) is 11.0. The number of hydrogen-bond donors (Lipinski definition) is 2. The van der Waals surface area contributed by atoms with Gasteiger partial charge < -0.3 is 14.9 Å². The Labute approximate surface area is 119 Å². The maximum Gasteiger partial charge on any atom is 0.273 e. The lowest BCUT2D eigenvalue weighted by molar-refractivity contribution is -0.385. The molecule has 1 aromatic carbocycles. The highest BCUT2D eigenvalue weighted by Crippen LogP contribution is 2.28. The normalized spacial score (nSPS) is 13.6. The molecule has 0 radical (unpaired) electrons. The van der Waals surface area contributed by atoms with Crippen LogP contribution in [0.2, 0.25) is 0 Å². The zero-order chi connectivity index (χ0) is 15.3. The number of nitro benzene ring substituents is 1. The van der Waals surface area contributed by atoms with Crippen molar-refractivity contribution in [1.82, 2.24) is 0 Å². The van der Waals surface area contributed by atoms with Gasteiger partial charge >= 0.3 is 0 Å². The minimum absolute atomic E-state index is 0.00150. The third kappa shape index (κ3) is 4.48. The second-order valence-corrected chi connectivity index (χ2v) is 5.23. The minimum atomic E-state index is -1.34. The van der Waals surface area contributed by atoms with Gasteiger partial charge in [-0.05, 0) is 11.6 Å². The first-order chi connectivity index (χ1) is 9.35. The molecule has 0 aliphatic rings. The van der Waals surface area contributed by atoms with Gasteiger partial charge in [-0.25, -0.2) is 0 Å². The molecule has 0 fully saturated rings. The molecule has 7 nitrogen and oxygen atoms in total. The summed E-state index contributed by atoms with van der Waals surface area (Å²) in [6.45, 7) is 1.35. The first kappa shape index (κ1) is 16.4. The molecule has 0 saturated carbocycles. The van der Waals surface area contributed by atoms with Crippen LogP contribution in [0, 0.1) is 10.1 Å². The van der Waals surface area contributed by atoms with E-state index in [9.17, 15) is 25.1 Å². The van der Waals surface area contributed by atoms with Crippen LogP contribution in [0.1, 0.15) is 18.6 Å². The molecule has 1 aromatic rings. The van der Waals surface area contributed by atoms with Gasteiger partial charge in [0.15, 0.2) is 5.12 Å². The van der Waals surface area contributed by atoms with Gasteiger partial charge in [0.2, 0.25) is 0 Å². The van der Waals surface area contributed by atoms with Gasteiger partial charge in [-0.2, -0.15) is 0 Å². The van der Waals surface area contributed by atoms with E-state index in [1.165, 1.54) is 26.2 Å². The summed E-state index contributed by atoms with van der Waals surface area (Å²) in [7, 11) is 1.34. The Bertz CT molecular complexity index is 507. The van der Waals surface area contributed by atoms with E-state index in [4.69, 9.17) is 4.74 Å². The Kier molecular flexibility index (Phi) is 5.93. The molecule has 1 rings (SSSR count). The number of non-ortho nitro benzene ring substituents is 1.